The van der Waals surface area contributed by atoms with Crippen LogP contribution in [0.25, 0.3) is 11.6 Å². The summed E-state index contributed by atoms with van der Waals surface area (Å²) in [6.45, 7) is 8.94. The van der Waals surface area contributed by atoms with Crippen LogP contribution in [0.5, 0.6) is 0 Å². The third-order valence-corrected chi connectivity index (χ3v) is 5.77. The molecule has 0 bridgehead atoms. The molecule has 25 heavy (non-hydrogen) atoms. The molecule has 0 unspecified atom stereocenters. The van der Waals surface area contributed by atoms with Crippen LogP contribution in [0.4, 0.5) is 10.5 Å². The van der Waals surface area contributed by atoms with Crippen molar-refractivity contribution in [3.8, 4) is 0 Å². The molecule has 0 atom stereocenters. The summed E-state index contributed by atoms with van der Waals surface area (Å²) in [5, 5.41) is -0.173. The second-order valence-electron chi connectivity index (χ2n) is 7.15. The molecule has 132 valence electrons. The van der Waals surface area contributed by atoms with Crippen molar-refractivity contribution in [2.45, 2.75) is 39.7 Å². The van der Waals surface area contributed by atoms with Gasteiger partial charge in [0.15, 0.2) is 0 Å². The molecule has 1 aromatic rings. The van der Waals surface area contributed by atoms with Crippen LogP contribution in [-0.2, 0) is 4.79 Å². The van der Waals surface area contributed by atoms with Gasteiger partial charge in [0.1, 0.15) is 0 Å². The maximum absolute atomic E-state index is 12.4. The minimum Gasteiger partial charge on any atom is -0.366 e. The van der Waals surface area contributed by atoms with Crippen LogP contribution in [0.1, 0.15) is 45.2 Å². The number of allylic oxidation sites excluding steroid dienone is 1. The third kappa shape index (κ3) is 3.13. The molecule has 1 fully saturated rings. The number of hydrogen-bond donors (Lipinski definition) is 0. The zero-order valence-corrected chi connectivity index (χ0v) is 16.2. The largest absolute Gasteiger partial charge is 0.366 e. The van der Waals surface area contributed by atoms with Crippen LogP contribution in [0.2, 0.25) is 0 Å². The minimum absolute atomic E-state index is 0.0264. The summed E-state index contributed by atoms with van der Waals surface area (Å²) in [5.74, 6) is -0.180. The van der Waals surface area contributed by atoms with E-state index in [2.05, 4.69) is 50.9 Å². The standard InChI is InChI=1S/C20H24N2O2S/c1-6-9-22-18(23)17(25-19(22)24)11-14-7-8-16-15(10-14)13(2)12-20(3,4)21(16)5/h7-8,10-12H,6,9H2,1-5H3/b17-11-. The highest BCUT2D eigenvalue weighted by Gasteiger charge is 2.34. The number of carbonyl (C=O) groups is 2. The number of thioether (sulfide) groups is 1. The Bertz CT molecular complexity index is 808. The Balaban J connectivity index is 1.95. The molecule has 1 saturated heterocycles. The summed E-state index contributed by atoms with van der Waals surface area (Å²) in [6, 6.07) is 6.20. The first-order valence-electron chi connectivity index (χ1n) is 8.57. The number of benzene rings is 1. The molecule has 0 aliphatic carbocycles. The van der Waals surface area contributed by atoms with Crippen LogP contribution in [0, 0.1) is 0 Å². The molecular weight excluding hydrogens is 332 g/mol. The van der Waals surface area contributed by atoms with Crippen molar-refractivity contribution in [1.29, 1.82) is 0 Å². The predicted molar refractivity (Wildman–Crippen MR) is 106 cm³/mol. The third-order valence-electron chi connectivity index (χ3n) is 4.86. The Morgan fingerprint density at radius 3 is 2.64 bits per heavy atom. The van der Waals surface area contributed by atoms with Gasteiger partial charge >= 0.3 is 0 Å². The fourth-order valence-corrected chi connectivity index (χ4v) is 4.20. The molecule has 1 aromatic carbocycles. The average Bonchev–Trinajstić information content (AvgIpc) is 2.80. The van der Waals surface area contributed by atoms with Crippen molar-refractivity contribution < 1.29 is 9.59 Å². The van der Waals surface area contributed by atoms with Crippen molar-refractivity contribution in [3.63, 3.8) is 0 Å². The van der Waals surface area contributed by atoms with Crippen molar-refractivity contribution in [1.82, 2.24) is 4.90 Å². The fraction of sp³-hybridized carbons (Fsp3) is 0.400. The van der Waals surface area contributed by atoms with E-state index < -0.39 is 0 Å². The van der Waals surface area contributed by atoms with E-state index in [-0.39, 0.29) is 16.7 Å². The van der Waals surface area contributed by atoms with Gasteiger partial charge in [0.2, 0.25) is 0 Å². The number of anilines is 1. The molecule has 0 saturated carbocycles. The van der Waals surface area contributed by atoms with E-state index in [0.29, 0.717) is 11.4 Å². The lowest BCUT2D eigenvalue weighted by atomic mass is 9.88. The van der Waals surface area contributed by atoms with E-state index in [4.69, 9.17) is 0 Å². The quantitative estimate of drug-likeness (QED) is 0.732. The summed E-state index contributed by atoms with van der Waals surface area (Å²) in [4.78, 5) is 28.5. The van der Waals surface area contributed by atoms with E-state index in [0.717, 1.165) is 23.7 Å². The molecule has 3 rings (SSSR count). The van der Waals surface area contributed by atoms with Crippen LogP contribution >= 0.6 is 11.8 Å². The lowest BCUT2D eigenvalue weighted by Crippen LogP contribution is -2.42. The summed E-state index contributed by atoms with van der Waals surface area (Å²) < 4.78 is 0. The normalized spacial score (nSPS) is 21.0. The van der Waals surface area contributed by atoms with E-state index in [9.17, 15) is 9.59 Å². The molecule has 4 nitrogen and oxygen atoms in total. The number of rotatable bonds is 3. The number of carbonyl (C=O) groups excluding carboxylic acids is 2. The van der Waals surface area contributed by atoms with E-state index in [1.807, 2.05) is 19.1 Å². The molecule has 0 spiro atoms. The summed E-state index contributed by atoms with van der Waals surface area (Å²) >= 11 is 1.03. The van der Waals surface area contributed by atoms with E-state index >= 15 is 0 Å². The Hall–Kier alpha value is -2.01. The fourth-order valence-electron chi connectivity index (χ4n) is 3.33. The number of nitrogens with zero attached hydrogens (tertiary/aromatic N) is 2. The van der Waals surface area contributed by atoms with Crippen molar-refractivity contribution >= 4 is 40.2 Å². The molecule has 5 heteroatoms. The molecule has 0 aromatic heterocycles. The number of likely N-dealkylation sites (N-methyl/N-ethyl adjacent to an activating group) is 1. The highest BCUT2D eigenvalue weighted by molar-refractivity contribution is 8.18. The lowest BCUT2D eigenvalue weighted by molar-refractivity contribution is -0.122. The second-order valence-corrected chi connectivity index (χ2v) is 8.14. The van der Waals surface area contributed by atoms with Crippen LogP contribution in [0.3, 0.4) is 0 Å². The number of hydrogen-bond acceptors (Lipinski definition) is 4. The lowest BCUT2D eigenvalue weighted by Gasteiger charge is -2.40. The summed E-state index contributed by atoms with van der Waals surface area (Å²) in [7, 11) is 2.09. The van der Waals surface area contributed by atoms with Gasteiger partial charge in [0, 0.05) is 24.8 Å². The summed E-state index contributed by atoms with van der Waals surface area (Å²) in [5.41, 5.74) is 4.50. The smallest absolute Gasteiger partial charge is 0.293 e. The van der Waals surface area contributed by atoms with E-state index in [1.54, 1.807) is 0 Å². The molecule has 0 radical (unpaired) electrons. The van der Waals surface area contributed by atoms with Crippen LogP contribution < -0.4 is 4.90 Å². The molecular formula is C20H24N2O2S. The van der Waals surface area contributed by atoms with Crippen molar-refractivity contribution in [2.75, 3.05) is 18.5 Å². The Kier molecular flexibility index (Phi) is 4.54. The minimum atomic E-state index is -0.180. The predicted octanol–water partition coefficient (Wildman–Crippen LogP) is 4.76. The zero-order valence-electron chi connectivity index (χ0n) is 15.4. The number of amides is 2. The zero-order chi connectivity index (χ0) is 18.4. The Labute approximate surface area is 153 Å². The maximum atomic E-state index is 12.4. The first-order chi connectivity index (χ1) is 11.7. The number of fused-ring (bicyclic) bond motifs is 1. The van der Waals surface area contributed by atoms with Crippen LogP contribution in [0.15, 0.2) is 29.2 Å². The van der Waals surface area contributed by atoms with Gasteiger partial charge in [-0.15, -0.1) is 0 Å². The number of imide groups is 1. The van der Waals surface area contributed by atoms with Gasteiger partial charge in [0.25, 0.3) is 11.1 Å². The highest BCUT2D eigenvalue weighted by Crippen LogP contribution is 2.39. The molecule has 2 aliphatic heterocycles. The van der Waals surface area contributed by atoms with Gasteiger partial charge in [-0.3, -0.25) is 14.5 Å². The Morgan fingerprint density at radius 2 is 1.96 bits per heavy atom. The topological polar surface area (TPSA) is 40.6 Å². The van der Waals surface area contributed by atoms with Gasteiger partial charge in [-0.05, 0) is 68.3 Å². The molecule has 2 heterocycles. The highest BCUT2D eigenvalue weighted by atomic mass is 32.2. The first-order valence-corrected chi connectivity index (χ1v) is 9.39. The SMILES string of the molecule is CCCN1C(=O)S/C(=C\c2ccc3c(c2)C(C)=CC(C)(C)N3C)C1=O. The molecule has 2 amide bonds. The monoisotopic (exact) mass is 356 g/mol. The summed E-state index contributed by atoms with van der Waals surface area (Å²) in [6.07, 6.45) is 4.86. The van der Waals surface area contributed by atoms with Crippen molar-refractivity contribution in [2.24, 2.45) is 0 Å². The average molecular weight is 356 g/mol. The second kappa shape index (κ2) is 6.37. The van der Waals surface area contributed by atoms with Gasteiger partial charge < -0.3 is 4.90 Å². The van der Waals surface area contributed by atoms with Gasteiger partial charge in [-0.25, -0.2) is 0 Å². The van der Waals surface area contributed by atoms with Gasteiger partial charge in [-0.2, -0.15) is 0 Å². The van der Waals surface area contributed by atoms with Crippen molar-refractivity contribution in [3.05, 3.63) is 40.3 Å². The van der Waals surface area contributed by atoms with Gasteiger partial charge in [0.05, 0.1) is 10.4 Å². The van der Waals surface area contributed by atoms with Crippen LogP contribution in [-0.4, -0.2) is 35.2 Å². The molecule has 0 N–H and O–H groups in total. The Morgan fingerprint density at radius 1 is 1.24 bits per heavy atom. The molecule has 2 aliphatic rings. The van der Waals surface area contributed by atoms with Gasteiger partial charge in [-0.1, -0.05) is 19.1 Å². The van der Waals surface area contributed by atoms with E-state index in [1.165, 1.54) is 21.7 Å². The maximum Gasteiger partial charge on any atom is 0.293 e. The first kappa shape index (κ1) is 17.8.